The standard InChI is InChI=1S/C17H15NO4/c19-10-2-1-9-7-12-17-4-3-11(20)15-16(17,13(9)14(10)22-15)5-6-18(12)8-21-17/h1-4,12,15,19H,5-8H2. The van der Waals surface area contributed by atoms with Crippen LogP contribution in [0.4, 0.5) is 0 Å². The van der Waals surface area contributed by atoms with Crippen molar-refractivity contribution in [2.75, 3.05) is 13.3 Å². The minimum atomic E-state index is -0.567. The summed E-state index contributed by atoms with van der Waals surface area (Å²) in [7, 11) is 0. The Morgan fingerprint density at radius 2 is 2.27 bits per heavy atom. The van der Waals surface area contributed by atoms with Crippen molar-refractivity contribution in [2.24, 2.45) is 0 Å². The lowest BCUT2D eigenvalue weighted by molar-refractivity contribution is -0.135. The molecule has 5 heteroatoms. The first-order valence-electron chi connectivity index (χ1n) is 7.80. The average Bonchev–Trinajstić information content (AvgIpc) is 2.97. The maximum Gasteiger partial charge on any atom is 0.196 e. The van der Waals surface area contributed by atoms with Crippen LogP contribution < -0.4 is 4.74 Å². The summed E-state index contributed by atoms with van der Waals surface area (Å²) >= 11 is 0. The van der Waals surface area contributed by atoms with Gasteiger partial charge in [0.25, 0.3) is 0 Å². The number of benzene rings is 1. The van der Waals surface area contributed by atoms with Gasteiger partial charge in [-0.05, 0) is 36.6 Å². The Morgan fingerprint density at radius 1 is 1.36 bits per heavy atom. The van der Waals surface area contributed by atoms with Gasteiger partial charge in [0, 0.05) is 18.2 Å². The molecule has 5 aliphatic rings. The quantitative estimate of drug-likeness (QED) is 0.770. The van der Waals surface area contributed by atoms with Crippen LogP contribution in [0.25, 0.3) is 0 Å². The highest BCUT2D eigenvalue weighted by molar-refractivity contribution is 5.99. The molecule has 3 heterocycles. The van der Waals surface area contributed by atoms with Gasteiger partial charge < -0.3 is 14.6 Å². The van der Waals surface area contributed by atoms with E-state index in [0.29, 0.717) is 12.5 Å². The van der Waals surface area contributed by atoms with Crippen LogP contribution in [0.5, 0.6) is 11.5 Å². The van der Waals surface area contributed by atoms with Gasteiger partial charge in [-0.15, -0.1) is 0 Å². The van der Waals surface area contributed by atoms with Gasteiger partial charge in [0.05, 0.1) is 5.41 Å². The number of piperidine rings is 1. The maximum absolute atomic E-state index is 12.5. The molecule has 0 saturated carbocycles. The summed E-state index contributed by atoms with van der Waals surface area (Å²) in [5, 5.41) is 10.3. The summed E-state index contributed by atoms with van der Waals surface area (Å²) in [6, 6.07) is 3.92. The Labute approximate surface area is 127 Å². The smallest absolute Gasteiger partial charge is 0.196 e. The summed E-state index contributed by atoms with van der Waals surface area (Å²) in [6.07, 6.45) is 4.73. The molecular formula is C17H15NO4. The van der Waals surface area contributed by atoms with Gasteiger partial charge in [-0.3, -0.25) is 9.69 Å². The van der Waals surface area contributed by atoms with Crippen molar-refractivity contribution in [1.82, 2.24) is 4.90 Å². The van der Waals surface area contributed by atoms with E-state index in [1.165, 1.54) is 5.56 Å². The Bertz CT molecular complexity index is 787. The highest BCUT2D eigenvalue weighted by atomic mass is 16.5. The second-order valence-corrected chi connectivity index (χ2v) is 7.00. The molecule has 1 aromatic rings. The molecule has 1 aromatic carbocycles. The van der Waals surface area contributed by atoms with Crippen molar-refractivity contribution in [3.8, 4) is 11.5 Å². The molecule has 2 aliphatic carbocycles. The van der Waals surface area contributed by atoms with E-state index in [1.54, 1.807) is 12.1 Å². The SMILES string of the molecule is O=C1C=CC23OCN4CCC25c2c(ccc(O)c2OC15)CC43. The molecule has 3 aliphatic heterocycles. The summed E-state index contributed by atoms with van der Waals surface area (Å²) in [6.45, 7) is 1.51. The zero-order valence-corrected chi connectivity index (χ0v) is 11.9. The Hall–Kier alpha value is -1.85. The van der Waals surface area contributed by atoms with Crippen molar-refractivity contribution in [1.29, 1.82) is 0 Å². The number of hydrogen-bond acceptors (Lipinski definition) is 5. The largest absolute Gasteiger partial charge is 0.504 e. The number of phenols is 1. The van der Waals surface area contributed by atoms with Gasteiger partial charge in [-0.25, -0.2) is 0 Å². The lowest BCUT2D eigenvalue weighted by Gasteiger charge is -2.57. The second kappa shape index (κ2) is 3.24. The van der Waals surface area contributed by atoms with Gasteiger partial charge in [0.2, 0.25) is 0 Å². The van der Waals surface area contributed by atoms with Crippen molar-refractivity contribution >= 4 is 5.78 Å². The number of ether oxygens (including phenoxy) is 2. The predicted molar refractivity (Wildman–Crippen MR) is 75.8 cm³/mol. The number of aromatic hydroxyl groups is 1. The van der Waals surface area contributed by atoms with E-state index >= 15 is 0 Å². The molecule has 1 N–H and O–H groups in total. The normalized spacial score (nSPS) is 45.6. The molecule has 112 valence electrons. The number of rotatable bonds is 0. The molecule has 4 bridgehead atoms. The molecule has 0 amide bonds. The highest BCUT2D eigenvalue weighted by Crippen LogP contribution is 2.66. The molecule has 2 saturated heterocycles. The average molecular weight is 297 g/mol. The zero-order chi connectivity index (χ0) is 14.7. The van der Waals surface area contributed by atoms with Crippen molar-refractivity contribution < 1.29 is 19.4 Å². The summed E-state index contributed by atoms with van der Waals surface area (Å²) in [4.78, 5) is 14.9. The van der Waals surface area contributed by atoms with Crippen LogP contribution in [-0.4, -0.2) is 46.8 Å². The molecular weight excluding hydrogens is 282 g/mol. The number of carbonyl (C=O) groups is 1. The van der Waals surface area contributed by atoms with E-state index in [-0.39, 0.29) is 17.6 Å². The molecule has 5 nitrogen and oxygen atoms in total. The third-order valence-electron chi connectivity index (χ3n) is 6.42. The minimum Gasteiger partial charge on any atom is -0.504 e. The third kappa shape index (κ3) is 0.921. The van der Waals surface area contributed by atoms with E-state index in [1.807, 2.05) is 12.1 Å². The Morgan fingerprint density at radius 3 is 3.18 bits per heavy atom. The molecule has 0 aromatic heterocycles. The number of ketones is 1. The van der Waals surface area contributed by atoms with Crippen molar-refractivity contribution in [2.45, 2.75) is 36.0 Å². The molecule has 22 heavy (non-hydrogen) atoms. The fraction of sp³-hybridized carbons (Fsp3) is 0.471. The highest BCUT2D eigenvalue weighted by Gasteiger charge is 2.75. The molecule has 5 unspecified atom stereocenters. The summed E-state index contributed by atoms with van der Waals surface area (Å²) in [5.41, 5.74) is 1.25. The number of nitrogens with zero attached hydrogens (tertiary/aromatic N) is 1. The van der Waals surface area contributed by atoms with Gasteiger partial charge >= 0.3 is 0 Å². The van der Waals surface area contributed by atoms with E-state index in [0.717, 1.165) is 24.9 Å². The van der Waals surface area contributed by atoms with Crippen LogP contribution in [0.15, 0.2) is 24.3 Å². The minimum absolute atomic E-state index is 0.0169. The Kier molecular flexibility index (Phi) is 1.72. The van der Waals surface area contributed by atoms with Gasteiger partial charge in [0.15, 0.2) is 23.4 Å². The molecule has 0 radical (unpaired) electrons. The molecule has 5 atom stereocenters. The van der Waals surface area contributed by atoms with E-state index in [9.17, 15) is 9.90 Å². The number of phenolic OH excluding ortho intramolecular Hbond substituents is 1. The van der Waals surface area contributed by atoms with Crippen LogP contribution >= 0.6 is 0 Å². The van der Waals surface area contributed by atoms with Crippen LogP contribution in [-0.2, 0) is 21.4 Å². The lowest BCUT2D eigenvalue weighted by Crippen LogP contribution is -2.71. The topological polar surface area (TPSA) is 59.0 Å². The molecule has 2 spiro atoms. The summed E-state index contributed by atoms with van der Waals surface area (Å²) < 4.78 is 12.3. The summed E-state index contributed by atoms with van der Waals surface area (Å²) in [5.74, 6) is 0.613. The van der Waals surface area contributed by atoms with E-state index in [2.05, 4.69) is 4.90 Å². The van der Waals surface area contributed by atoms with Gasteiger partial charge in [-0.1, -0.05) is 6.07 Å². The zero-order valence-electron chi connectivity index (χ0n) is 11.9. The van der Waals surface area contributed by atoms with Crippen LogP contribution in [0.3, 0.4) is 0 Å². The van der Waals surface area contributed by atoms with Crippen LogP contribution in [0, 0.1) is 0 Å². The predicted octanol–water partition coefficient (Wildman–Crippen LogP) is 0.887. The first kappa shape index (κ1) is 11.7. The van der Waals surface area contributed by atoms with Crippen molar-refractivity contribution in [3.63, 3.8) is 0 Å². The van der Waals surface area contributed by atoms with Crippen LogP contribution in [0.2, 0.25) is 0 Å². The number of hydrogen-bond donors (Lipinski definition) is 1. The van der Waals surface area contributed by atoms with Crippen LogP contribution in [0.1, 0.15) is 17.5 Å². The van der Waals surface area contributed by atoms with Gasteiger partial charge in [0.1, 0.15) is 12.3 Å². The lowest BCUT2D eigenvalue weighted by atomic mass is 9.51. The fourth-order valence-electron chi connectivity index (χ4n) is 5.60. The van der Waals surface area contributed by atoms with E-state index in [4.69, 9.17) is 9.47 Å². The van der Waals surface area contributed by atoms with E-state index < -0.39 is 17.1 Å². The molecule has 2 fully saturated rings. The third-order valence-corrected chi connectivity index (χ3v) is 6.42. The Balaban J connectivity index is 1.78. The maximum atomic E-state index is 12.5. The molecule has 6 rings (SSSR count). The van der Waals surface area contributed by atoms with Crippen molar-refractivity contribution in [3.05, 3.63) is 35.4 Å². The monoisotopic (exact) mass is 297 g/mol. The first-order chi connectivity index (χ1) is 10.7. The second-order valence-electron chi connectivity index (χ2n) is 7.00. The first-order valence-corrected chi connectivity index (χ1v) is 7.80. The van der Waals surface area contributed by atoms with Gasteiger partial charge in [-0.2, -0.15) is 0 Å². The number of carbonyl (C=O) groups excluding carboxylic acids is 1. The fourth-order valence-corrected chi connectivity index (χ4v) is 5.60.